The van der Waals surface area contributed by atoms with Crippen molar-refractivity contribution in [2.45, 2.75) is 45.1 Å². The smallest absolute Gasteiger partial charge is 0.134 e. The first-order valence-corrected chi connectivity index (χ1v) is 8.16. The molecule has 21 heavy (non-hydrogen) atoms. The number of nitrogens with zero attached hydrogens (tertiary/aromatic N) is 4. The third kappa shape index (κ3) is 3.28. The molecule has 2 saturated heterocycles. The van der Waals surface area contributed by atoms with Crippen molar-refractivity contribution in [1.29, 1.82) is 0 Å². The largest absolute Gasteiger partial charge is 0.372 e. The number of aromatic nitrogens is 2. The molecule has 0 aliphatic carbocycles. The van der Waals surface area contributed by atoms with Gasteiger partial charge in [0.2, 0.25) is 0 Å². The summed E-state index contributed by atoms with van der Waals surface area (Å²) in [5.74, 6) is 2.11. The summed E-state index contributed by atoms with van der Waals surface area (Å²) in [5, 5.41) is 0. The van der Waals surface area contributed by atoms with Crippen LogP contribution in [0.4, 0.5) is 11.6 Å². The van der Waals surface area contributed by atoms with Gasteiger partial charge < -0.3 is 14.5 Å². The fraction of sp³-hybridized carbons (Fsp3) is 0.750. The third-order valence-corrected chi connectivity index (χ3v) is 4.73. The molecule has 5 nitrogen and oxygen atoms in total. The van der Waals surface area contributed by atoms with Crippen LogP contribution in [0.1, 0.15) is 39.5 Å². The zero-order chi connectivity index (χ0) is 14.7. The lowest BCUT2D eigenvalue weighted by Crippen LogP contribution is -2.50. The first-order chi connectivity index (χ1) is 10.2. The van der Waals surface area contributed by atoms with Crippen LogP contribution < -0.4 is 9.80 Å². The summed E-state index contributed by atoms with van der Waals surface area (Å²) in [7, 11) is 0. The molecular weight excluding hydrogens is 264 g/mol. The van der Waals surface area contributed by atoms with Crippen molar-refractivity contribution in [3.8, 4) is 0 Å². The summed E-state index contributed by atoms with van der Waals surface area (Å²) in [6.07, 6.45) is 6.61. The second-order valence-electron chi connectivity index (χ2n) is 6.36. The second kappa shape index (κ2) is 6.18. The predicted molar refractivity (Wildman–Crippen MR) is 85.0 cm³/mol. The molecule has 0 amide bonds. The van der Waals surface area contributed by atoms with Crippen LogP contribution >= 0.6 is 0 Å². The van der Waals surface area contributed by atoms with E-state index in [1.807, 2.05) is 0 Å². The highest BCUT2D eigenvalue weighted by Gasteiger charge is 2.31. The molecule has 0 radical (unpaired) electrons. The maximum absolute atomic E-state index is 5.92. The Morgan fingerprint density at radius 1 is 1.10 bits per heavy atom. The van der Waals surface area contributed by atoms with Crippen molar-refractivity contribution in [3.05, 3.63) is 12.4 Å². The van der Waals surface area contributed by atoms with Gasteiger partial charge in [0.15, 0.2) is 0 Å². The minimum Gasteiger partial charge on any atom is -0.372 e. The summed E-state index contributed by atoms with van der Waals surface area (Å²) >= 11 is 0. The standard InChI is InChI=1S/C16H26N4O/c1-3-16(2)12-20(9-10-21-16)15-11-14(17-13-18-15)19-7-5-4-6-8-19/h11,13H,3-10,12H2,1-2H3. The topological polar surface area (TPSA) is 41.5 Å². The van der Waals surface area contributed by atoms with Gasteiger partial charge in [-0.05, 0) is 32.6 Å². The number of ether oxygens (including phenoxy) is 1. The molecule has 0 saturated carbocycles. The molecule has 1 unspecified atom stereocenters. The molecule has 3 heterocycles. The molecule has 1 aromatic rings. The van der Waals surface area contributed by atoms with Crippen molar-refractivity contribution in [3.63, 3.8) is 0 Å². The zero-order valence-electron chi connectivity index (χ0n) is 13.2. The van der Waals surface area contributed by atoms with E-state index in [9.17, 15) is 0 Å². The highest BCUT2D eigenvalue weighted by Crippen LogP contribution is 2.26. The lowest BCUT2D eigenvalue weighted by molar-refractivity contribution is -0.0443. The Bertz CT molecular complexity index is 475. The summed E-state index contributed by atoms with van der Waals surface area (Å²) in [6, 6.07) is 2.15. The van der Waals surface area contributed by atoms with Crippen molar-refractivity contribution in [1.82, 2.24) is 9.97 Å². The van der Waals surface area contributed by atoms with E-state index >= 15 is 0 Å². The Balaban J connectivity index is 1.76. The Morgan fingerprint density at radius 2 is 1.81 bits per heavy atom. The van der Waals surface area contributed by atoms with Gasteiger partial charge in [0.05, 0.1) is 12.2 Å². The summed E-state index contributed by atoms with van der Waals surface area (Å²) in [6.45, 7) is 9.19. The summed E-state index contributed by atoms with van der Waals surface area (Å²) < 4.78 is 5.92. The molecule has 1 atom stereocenters. The first kappa shape index (κ1) is 14.6. The average Bonchev–Trinajstić information content (AvgIpc) is 2.56. The summed E-state index contributed by atoms with van der Waals surface area (Å²) in [5.41, 5.74) is -0.0610. The molecular formula is C16H26N4O. The van der Waals surface area contributed by atoms with E-state index in [-0.39, 0.29) is 5.60 Å². The van der Waals surface area contributed by atoms with Crippen molar-refractivity contribution in [2.75, 3.05) is 42.6 Å². The van der Waals surface area contributed by atoms with Crippen LogP contribution in [0.15, 0.2) is 12.4 Å². The van der Waals surface area contributed by atoms with E-state index < -0.39 is 0 Å². The van der Waals surface area contributed by atoms with Gasteiger partial charge >= 0.3 is 0 Å². The van der Waals surface area contributed by atoms with Gasteiger partial charge in [-0.1, -0.05) is 6.92 Å². The lowest BCUT2D eigenvalue weighted by Gasteiger charge is -2.40. The highest BCUT2D eigenvalue weighted by molar-refractivity contribution is 5.50. The number of piperidine rings is 1. The molecule has 0 spiro atoms. The predicted octanol–water partition coefficient (Wildman–Crippen LogP) is 2.47. The Kier molecular flexibility index (Phi) is 4.29. The van der Waals surface area contributed by atoms with Crippen LogP contribution in [0.5, 0.6) is 0 Å². The van der Waals surface area contributed by atoms with Crippen LogP contribution in [0.25, 0.3) is 0 Å². The van der Waals surface area contributed by atoms with E-state index in [0.29, 0.717) is 0 Å². The van der Waals surface area contributed by atoms with E-state index in [1.165, 1.54) is 19.3 Å². The Hall–Kier alpha value is -1.36. The minimum absolute atomic E-state index is 0.0610. The number of anilines is 2. The highest BCUT2D eigenvalue weighted by atomic mass is 16.5. The molecule has 116 valence electrons. The fourth-order valence-corrected chi connectivity index (χ4v) is 3.15. The number of hydrogen-bond donors (Lipinski definition) is 0. The molecule has 5 heteroatoms. The van der Waals surface area contributed by atoms with Crippen molar-refractivity contribution in [2.24, 2.45) is 0 Å². The van der Waals surface area contributed by atoms with Crippen LogP contribution in [0.3, 0.4) is 0 Å². The molecule has 1 aromatic heterocycles. The van der Waals surface area contributed by atoms with Crippen LogP contribution in [-0.4, -0.2) is 48.4 Å². The summed E-state index contributed by atoms with van der Waals surface area (Å²) in [4.78, 5) is 13.7. The third-order valence-electron chi connectivity index (χ3n) is 4.73. The Labute approximate surface area is 127 Å². The quantitative estimate of drug-likeness (QED) is 0.855. The van der Waals surface area contributed by atoms with E-state index in [2.05, 4.69) is 39.7 Å². The van der Waals surface area contributed by atoms with Gasteiger partial charge in [-0.25, -0.2) is 9.97 Å². The maximum atomic E-state index is 5.92. The maximum Gasteiger partial charge on any atom is 0.134 e. The second-order valence-corrected chi connectivity index (χ2v) is 6.36. The van der Waals surface area contributed by atoms with Crippen molar-refractivity contribution >= 4 is 11.6 Å². The molecule has 2 aliphatic rings. The molecule has 0 aromatic carbocycles. The van der Waals surface area contributed by atoms with Gasteiger partial charge in [-0.2, -0.15) is 0 Å². The average molecular weight is 290 g/mol. The van der Waals surface area contributed by atoms with E-state index in [0.717, 1.165) is 50.8 Å². The van der Waals surface area contributed by atoms with Gasteiger partial charge in [0, 0.05) is 32.2 Å². The SMILES string of the molecule is CCC1(C)CN(c2cc(N3CCCCC3)ncn2)CCO1. The van der Waals surface area contributed by atoms with Gasteiger partial charge in [-0.15, -0.1) is 0 Å². The molecule has 2 fully saturated rings. The van der Waals surface area contributed by atoms with Crippen molar-refractivity contribution < 1.29 is 4.74 Å². The van der Waals surface area contributed by atoms with Gasteiger partial charge in [0.1, 0.15) is 18.0 Å². The number of rotatable bonds is 3. The van der Waals surface area contributed by atoms with E-state index in [1.54, 1.807) is 6.33 Å². The lowest BCUT2D eigenvalue weighted by atomic mass is 10.0. The molecule has 3 rings (SSSR count). The molecule has 2 aliphatic heterocycles. The number of morpholine rings is 1. The number of hydrogen-bond acceptors (Lipinski definition) is 5. The monoisotopic (exact) mass is 290 g/mol. The van der Waals surface area contributed by atoms with Crippen LogP contribution in [0, 0.1) is 0 Å². The molecule has 0 N–H and O–H groups in total. The molecule has 0 bridgehead atoms. The van der Waals surface area contributed by atoms with Gasteiger partial charge in [0.25, 0.3) is 0 Å². The van der Waals surface area contributed by atoms with Crippen LogP contribution in [0.2, 0.25) is 0 Å². The first-order valence-electron chi connectivity index (χ1n) is 8.16. The van der Waals surface area contributed by atoms with E-state index in [4.69, 9.17) is 4.74 Å². The zero-order valence-corrected chi connectivity index (χ0v) is 13.2. The Morgan fingerprint density at radius 3 is 2.52 bits per heavy atom. The van der Waals surface area contributed by atoms with Gasteiger partial charge in [-0.3, -0.25) is 0 Å². The normalized spacial score (nSPS) is 27.0. The minimum atomic E-state index is -0.0610. The fourth-order valence-electron chi connectivity index (χ4n) is 3.15. The van der Waals surface area contributed by atoms with Crippen LogP contribution in [-0.2, 0) is 4.74 Å².